The third-order valence-corrected chi connectivity index (χ3v) is 4.03. The molecule has 1 aromatic heterocycles. The van der Waals surface area contributed by atoms with Crippen LogP contribution in [-0.2, 0) is 13.6 Å². The Kier molecular flexibility index (Phi) is 3.29. The molecule has 0 spiro atoms. The predicted molar refractivity (Wildman–Crippen MR) is 75.8 cm³/mol. The molecule has 1 saturated carbocycles. The summed E-state index contributed by atoms with van der Waals surface area (Å²) in [7, 11) is 4.13. The third-order valence-electron chi connectivity index (χ3n) is 4.03. The molecule has 0 amide bonds. The summed E-state index contributed by atoms with van der Waals surface area (Å²) in [6.07, 6.45) is 1.84. The van der Waals surface area contributed by atoms with Gasteiger partial charge in [0.25, 0.3) is 0 Å². The SMILES string of the molecule is CN(Cc1nn(C)c2ccccc12)CC1CC(O)C1. The van der Waals surface area contributed by atoms with Crippen molar-refractivity contribution < 1.29 is 5.11 Å². The summed E-state index contributed by atoms with van der Waals surface area (Å²) in [4.78, 5) is 2.31. The molecule has 0 aliphatic heterocycles. The van der Waals surface area contributed by atoms with Gasteiger partial charge in [-0.15, -0.1) is 0 Å². The number of aromatic nitrogens is 2. The molecule has 0 unspecified atom stereocenters. The fraction of sp³-hybridized carbons (Fsp3) is 0.533. The zero-order valence-electron chi connectivity index (χ0n) is 11.6. The number of aliphatic hydroxyl groups excluding tert-OH is 1. The first-order valence-corrected chi connectivity index (χ1v) is 6.90. The van der Waals surface area contributed by atoms with Crippen LogP contribution in [0.2, 0.25) is 0 Å². The molecular formula is C15H21N3O. The number of para-hydroxylation sites is 1. The van der Waals surface area contributed by atoms with Crippen LogP contribution in [0.5, 0.6) is 0 Å². The highest BCUT2D eigenvalue weighted by Crippen LogP contribution is 2.28. The lowest BCUT2D eigenvalue weighted by atomic mass is 9.82. The molecule has 0 atom stereocenters. The van der Waals surface area contributed by atoms with Gasteiger partial charge in [0.1, 0.15) is 0 Å². The second kappa shape index (κ2) is 4.94. The maximum absolute atomic E-state index is 9.33. The normalized spacial score (nSPS) is 22.9. The topological polar surface area (TPSA) is 41.3 Å². The number of hydrogen-bond donors (Lipinski definition) is 1. The average molecular weight is 259 g/mol. The smallest absolute Gasteiger partial charge is 0.0843 e. The molecule has 1 heterocycles. The van der Waals surface area contributed by atoms with Crippen LogP contribution in [0.3, 0.4) is 0 Å². The van der Waals surface area contributed by atoms with Crippen LogP contribution < -0.4 is 0 Å². The first-order chi connectivity index (χ1) is 9.13. The highest BCUT2D eigenvalue weighted by molar-refractivity contribution is 5.81. The van der Waals surface area contributed by atoms with E-state index in [0.717, 1.165) is 31.6 Å². The first-order valence-electron chi connectivity index (χ1n) is 6.90. The van der Waals surface area contributed by atoms with Gasteiger partial charge in [0.05, 0.1) is 17.3 Å². The minimum atomic E-state index is -0.0610. The first kappa shape index (κ1) is 12.6. The number of fused-ring (bicyclic) bond motifs is 1. The van der Waals surface area contributed by atoms with E-state index in [0.29, 0.717) is 5.92 Å². The summed E-state index contributed by atoms with van der Waals surface area (Å²) in [6, 6.07) is 8.36. The lowest BCUT2D eigenvalue weighted by molar-refractivity contribution is 0.0272. The van der Waals surface area contributed by atoms with Crippen molar-refractivity contribution in [3.05, 3.63) is 30.0 Å². The van der Waals surface area contributed by atoms with Crippen LogP contribution >= 0.6 is 0 Å². The highest BCUT2D eigenvalue weighted by Gasteiger charge is 2.28. The molecule has 1 fully saturated rings. The van der Waals surface area contributed by atoms with E-state index in [1.54, 1.807) is 0 Å². The van der Waals surface area contributed by atoms with Crippen molar-refractivity contribution >= 4 is 10.9 Å². The third kappa shape index (κ3) is 2.51. The van der Waals surface area contributed by atoms with E-state index in [1.807, 2.05) is 17.8 Å². The molecule has 1 aliphatic carbocycles. The van der Waals surface area contributed by atoms with Crippen LogP contribution in [0.1, 0.15) is 18.5 Å². The lowest BCUT2D eigenvalue weighted by Crippen LogP contribution is -2.36. The lowest BCUT2D eigenvalue weighted by Gasteiger charge is -2.34. The van der Waals surface area contributed by atoms with Crippen LogP contribution in [0.25, 0.3) is 10.9 Å². The number of nitrogens with zero attached hydrogens (tertiary/aromatic N) is 3. The van der Waals surface area contributed by atoms with Gasteiger partial charge >= 0.3 is 0 Å². The molecule has 4 heteroatoms. The van der Waals surface area contributed by atoms with Crippen LogP contribution in [-0.4, -0.2) is 39.5 Å². The summed E-state index contributed by atoms with van der Waals surface area (Å²) < 4.78 is 1.95. The van der Waals surface area contributed by atoms with Gasteiger partial charge in [0, 0.05) is 25.5 Å². The van der Waals surface area contributed by atoms with E-state index in [4.69, 9.17) is 0 Å². The molecule has 0 bridgehead atoms. The average Bonchev–Trinajstić information content (AvgIpc) is 2.65. The molecule has 19 heavy (non-hydrogen) atoms. The molecular weight excluding hydrogens is 238 g/mol. The molecule has 4 nitrogen and oxygen atoms in total. The quantitative estimate of drug-likeness (QED) is 0.910. The second-order valence-electron chi connectivity index (χ2n) is 5.78. The summed E-state index contributed by atoms with van der Waals surface area (Å²) in [6.45, 7) is 1.91. The van der Waals surface area contributed by atoms with Gasteiger partial charge in [-0.25, -0.2) is 0 Å². The Balaban J connectivity index is 1.70. The zero-order valence-corrected chi connectivity index (χ0v) is 11.6. The highest BCUT2D eigenvalue weighted by atomic mass is 16.3. The zero-order chi connectivity index (χ0) is 13.4. The van der Waals surface area contributed by atoms with E-state index in [-0.39, 0.29) is 6.10 Å². The maximum atomic E-state index is 9.33. The summed E-state index contributed by atoms with van der Waals surface area (Å²) >= 11 is 0. The monoisotopic (exact) mass is 259 g/mol. The van der Waals surface area contributed by atoms with Gasteiger partial charge in [-0.05, 0) is 31.9 Å². The van der Waals surface area contributed by atoms with E-state index in [9.17, 15) is 5.11 Å². The molecule has 0 radical (unpaired) electrons. The molecule has 2 aromatic rings. The van der Waals surface area contributed by atoms with Gasteiger partial charge in [0.15, 0.2) is 0 Å². The Morgan fingerprint density at radius 1 is 1.37 bits per heavy atom. The molecule has 3 rings (SSSR count). The number of rotatable bonds is 4. The summed E-state index contributed by atoms with van der Waals surface area (Å²) in [5, 5.41) is 15.2. The number of aryl methyl sites for hydroxylation is 1. The minimum Gasteiger partial charge on any atom is -0.393 e. The molecule has 1 aromatic carbocycles. The summed E-state index contributed by atoms with van der Waals surface area (Å²) in [5.41, 5.74) is 2.32. The molecule has 1 N–H and O–H groups in total. The van der Waals surface area contributed by atoms with Gasteiger partial charge in [-0.2, -0.15) is 5.10 Å². The predicted octanol–water partition coefficient (Wildman–Crippen LogP) is 1.78. The van der Waals surface area contributed by atoms with Crippen molar-refractivity contribution in [2.75, 3.05) is 13.6 Å². The van der Waals surface area contributed by atoms with Crippen molar-refractivity contribution in [3.63, 3.8) is 0 Å². The van der Waals surface area contributed by atoms with Crippen LogP contribution in [0, 0.1) is 5.92 Å². The number of hydrogen-bond acceptors (Lipinski definition) is 3. The number of benzene rings is 1. The Morgan fingerprint density at radius 2 is 2.11 bits per heavy atom. The standard InChI is InChI=1S/C15H21N3O/c1-17(9-11-7-12(19)8-11)10-14-13-5-3-4-6-15(13)18(2)16-14/h3-6,11-12,19H,7-10H2,1-2H3. The Bertz CT molecular complexity index is 572. The van der Waals surface area contributed by atoms with Crippen molar-refractivity contribution in [3.8, 4) is 0 Å². The fourth-order valence-corrected chi connectivity index (χ4v) is 3.02. The fourth-order valence-electron chi connectivity index (χ4n) is 3.02. The molecule has 1 aliphatic rings. The van der Waals surface area contributed by atoms with Gasteiger partial charge in [-0.3, -0.25) is 4.68 Å². The Morgan fingerprint density at radius 3 is 2.84 bits per heavy atom. The largest absolute Gasteiger partial charge is 0.393 e. The van der Waals surface area contributed by atoms with E-state index in [1.165, 1.54) is 10.9 Å². The van der Waals surface area contributed by atoms with Crippen molar-refractivity contribution in [2.24, 2.45) is 13.0 Å². The van der Waals surface area contributed by atoms with Gasteiger partial charge < -0.3 is 10.0 Å². The molecule has 102 valence electrons. The van der Waals surface area contributed by atoms with Gasteiger partial charge in [0.2, 0.25) is 0 Å². The summed E-state index contributed by atoms with van der Waals surface area (Å²) in [5.74, 6) is 0.648. The second-order valence-corrected chi connectivity index (χ2v) is 5.78. The van der Waals surface area contributed by atoms with Crippen LogP contribution in [0.15, 0.2) is 24.3 Å². The van der Waals surface area contributed by atoms with Crippen LogP contribution in [0.4, 0.5) is 0 Å². The van der Waals surface area contributed by atoms with E-state index >= 15 is 0 Å². The molecule has 0 saturated heterocycles. The van der Waals surface area contributed by atoms with Crippen molar-refractivity contribution in [1.29, 1.82) is 0 Å². The van der Waals surface area contributed by atoms with Gasteiger partial charge in [-0.1, -0.05) is 18.2 Å². The van der Waals surface area contributed by atoms with E-state index < -0.39 is 0 Å². The van der Waals surface area contributed by atoms with E-state index in [2.05, 4.69) is 35.2 Å². The maximum Gasteiger partial charge on any atom is 0.0843 e. The van der Waals surface area contributed by atoms with Crippen molar-refractivity contribution in [2.45, 2.75) is 25.5 Å². The Labute approximate surface area is 113 Å². The Hall–Kier alpha value is -1.39. The van der Waals surface area contributed by atoms with Crippen molar-refractivity contribution in [1.82, 2.24) is 14.7 Å². The minimum absolute atomic E-state index is 0.0610. The number of aliphatic hydroxyl groups is 1.